The molecule has 31 heavy (non-hydrogen) atoms. The summed E-state index contributed by atoms with van der Waals surface area (Å²) >= 11 is 12.0. The van der Waals surface area contributed by atoms with Gasteiger partial charge in [0.2, 0.25) is 5.76 Å². The third-order valence-corrected chi connectivity index (χ3v) is 5.43. The number of nitrogens with one attached hydrogen (secondary N) is 1. The molecule has 2 amide bonds. The van der Waals surface area contributed by atoms with Crippen LogP contribution < -0.4 is 10.1 Å². The van der Waals surface area contributed by atoms with Gasteiger partial charge >= 0.3 is 0 Å². The van der Waals surface area contributed by atoms with E-state index in [0.717, 1.165) is 0 Å². The quantitative estimate of drug-likeness (QED) is 0.598. The van der Waals surface area contributed by atoms with Gasteiger partial charge < -0.3 is 24.1 Å². The molecule has 2 heterocycles. The fraction of sp³-hybridized carbons (Fsp3) is 0.273. The summed E-state index contributed by atoms with van der Waals surface area (Å²) in [4.78, 5) is 27.6. The van der Waals surface area contributed by atoms with Crippen LogP contribution in [0.3, 0.4) is 0 Å². The molecule has 2 aromatic carbocycles. The first-order chi connectivity index (χ1) is 14.9. The maximum atomic E-state index is 13.1. The van der Waals surface area contributed by atoms with Crippen LogP contribution in [0, 0.1) is 0 Å². The van der Waals surface area contributed by atoms with Gasteiger partial charge in [0.15, 0.2) is 6.10 Å². The van der Waals surface area contributed by atoms with Crippen LogP contribution in [0.15, 0.2) is 46.9 Å². The summed E-state index contributed by atoms with van der Waals surface area (Å²) in [6, 6.07) is 11.9. The Hall–Kier alpha value is -2.74. The zero-order valence-electron chi connectivity index (χ0n) is 16.7. The van der Waals surface area contributed by atoms with Gasteiger partial charge in [-0.15, -0.1) is 0 Å². The van der Waals surface area contributed by atoms with Crippen LogP contribution in [-0.4, -0.2) is 49.1 Å². The number of hydrogen-bond acceptors (Lipinski definition) is 5. The first-order valence-corrected chi connectivity index (χ1v) is 10.5. The lowest BCUT2D eigenvalue weighted by atomic mass is 10.2. The smallest absolute Gasteiger partial charge is 0.291 e. The highest BCUT2D eigenvalue weighted by Gasteiger charge is 2.28. The van der Waals surface area contributed by atoms with Gasteiger partial charge in [0.25, 0.3) is 11.8 Å². The molecule has 1 saturated heterocycles. The molecule has 9 heteroatoms. The molecule has 1 N–H and O–H groups in total. The number of morpholine rings is 1. The zero-order valence-corrected chi connectivity index (χ0v) is 18.2. The molecule has 1 atom stereocenters. The van der Waals surface area contributed by atoms with E-state index in [1.165, 1.54) is 6.07 Å². The lowest BCUT2D eigenvalue weighted by Crippen LogP contribution is -2.41. The van der Waals surface area contributed by atoms with E-state index in [-0.39, 0.29) is 11.7 Å². The van der Waals surface area contributed by atoms with E-state index in [1.54, 1.807) is 42.2 Å². The second-order valence-corrected chi connectivity index (χ2v) is 7.87. The fourth-order valence-corrected chi connectivity index (χ4v) is 3.72. The molecule has 0 bridgehead atoms. The second-order valence-electron chi connectivity index (χ2n) is 7.03. The number of rotatable bonds is 5. The Morgan fingerprint density at radius 2 is 1.87 bits per heavy atom. The Morgan fingerprint density at radius 1 is 1.13 bits per heavy atom. The van der Waals surface area contributed by atoms with Gasteiger partial charge in [-0.2, -0.15) is 0 Å². The summed E-state index contributed by atoms with van der Waals surface area (Å²) in [6.45, 7) is 3.42. The van der Waals surface area contributed by atoms with E-state index in [4.69, 9.17) is 37.1 Å². The average Bonchev–Trinajstić information content (AvgIpc) is 3.14. The van der Waals surface area contributed by atoms with Gasteiger partial charge in [-0.05, 0) is 37.3 Å². The Morgan fingerprint density at radius 3 is 2.61 bits per heavy atom. The molecule has 1 fully saturated rings. The Labute approximate surface area is 188 Å². The molecule has 0 unspecified atom stereocenters. The van der Waals surface area contributed by atoms with E-state index >= 15 is 0 Å². The van der Waals surface area contributed by atoms with Gasteiger partial charge in [0.1, 0.15) is 17.0 Å². The normalized spacial score (nSPS) is 15.0. The lowest BCUT2D eigenvalue weighted by Gasteiger charge is -2.26. The SMILES string of the molecule is C[C@H](Oc1ccc(Cl)cc1Cl)C(=O)Nc1c(C(=O)N2CCOCC2)oc2ccccc12. The van der Waals surface area contributed by atoms with Crippen molar-refractivity contribution in [3.63, 3.8) is 0 Å². The monoisotopic (exact) mass is 462 g/mol. The minimum atomic E-state index is -0.890. The number of carbonyl (C=O) groups excluding carboxylic acids is 2. The molecule has 162 valence electrons. The van der Waals surface area contributed by atoms with Gasteiger partial charge in [-0.3, -0.25) is 9.59 Å². The molecular weight excluding hydrogens is 443 g/mol. The van der Waals surface area contributed by atoms with Crippen molar-refractivity contribution < 1.29 is 23.5 Å². The highest BCUT2D eigenvalue weighted by Crippen LogP contribution is 2.33. The Balaban J connectivity index is 1.59. The summed E-state index contributed by atoms with van der Waals surface area (Å²) in [5, 5.41) is 4.19. The third-order valence-electron chi connectivity index (χ3n) is 4.90. The predicted octanol–water partition coefficient (Wildman–Crippen LogP) is 4.62. The predicted molar refractivity (Wildman–Crippen MR) is 118 cm³/mol. The minimum Gasteiger partial charge on any atom is -0.479 e. The standard InChI is InChI=1S/C22H20Cl2N2O5/c1-13(30-18-7-6-14(23)12-16(18)24)21(27)25-19-15-4-2-3-5-17(15)31-20(19)22(28)26-8-10-29-11-9-26/h2-7,12-13H,8-11H2,1H3,(H,25,27)/t13-/m0/s1. The van der Waals surface area contributed by atoms with Crippen molar-refractivity contribution in [3.8, 4) is 5.75 Å². The molecule has 7 nitrogen and oxygen atoms in total. The van der Waals surface area contributed by atoms with Crippen LogP contribution in [0.5, 0.6) is 5.75 Å². The van der Waals surface area contributed by atoms with Gasteiger partial charge in [-0.25, -0.2) is 0 Å². The molecular formula is C22H20Cl2N2O5. The molecule has 1 aromatic heterocycles. The van der Waals surface area contributed by atoms with E-state index in [2.05, 4.69) is 5.32 Å². The van der Waals surface area contributed by atoms with Crippen molar-refractivity contribution in [2.24, 2.45) is 0 Å². The summed E-state index contributed by atoms with van der Waals surface area (Å²) in [7, 11) is 0. The number of nitrogens with zero attached hydrogens (tertiary/aromatic N) is 1. The minimum absolute atomic E-state index is 0.0770. The molecule has 1 aliphatic rings. The van der Waals surface area contributed by atoms with E-state index < -0.39 is 12.0 Å². The molecule has 0 aliphatic carbocycles. The molecule has 0 radical (unpaired) electrons. The van der Waals surface area contributed by atoms with Gasteiger partial charge in [0.05, 0.1) is 18.2 Å². The largest absolute Gasteiger partial charge is 0.479 e. The van der Waals surface area contributed by atoms with Crippen molar-refractivity contribution in [2.45, 2.75) is 13.0 Å². The number of ether oxygens (including phenoxy) is 2. The Kier molecular flexibility index (Phi) is 6.36. The number of carbonyl (C=O) groups is 2. The maximum absolute atomic E-state index is 13.1. The number of fused-ring (bicyclic) bond motifs is 1. The highest BCUT2D eigenvalue weighted by molar-refractivity contribution is 6.35. The first-order valence-electron chi connectivity index (χ1n) is 9.75. The van der Waals surface area contributed by atoms with Crippen molar-refractivity contribution in [1.29, 1.82) is 0 Å². The van der Waals surface area contributed by atoms with E-state index in [0.29, 0.717) is 58.8 Å². The maximum Gasteiger partial charge on any atom is 0.291 e. The van der Waals surface area contributed by atoms with Crippen molar-refractivity contribution in [3.05, 3.63) is 58.3 Å². The van der Waals surface area contributed by atoms with Crippen molar-refractivity contribution in [2.75, 3.05) is 31.6 Å². The van der Waals surface area contributed by atoms with Crippen LogP contribution in [0.4, 0.5) is 5.69 Å². The molecule has 0 spiro atoms. The molecule has 3 aromatic rings. The van der Waals surface area contributed by atoms with Gasteiger partial charge in [0, 0.05) is 23.5 Å². The number of hydrogen-bond donors (Lipinski definition) is 1. The van der Waals surface area contributed by atoms with Gasteiger partial charge in [-0.1, -0.05) is 35.3 Å². The van der Waals surface area contributed by atoms with Crippen molar-refractivity contribution >= 4 is 51.7 Å². The number of para-hydroxylation sites is 1. The molecule has 0 saturated carbocycles. The zero-order chi connectivity index (χ0) is 22.0. The van der Waals surface area contributed by atoms with Crippen LogP contribution in [0.1, 0.15) is 17.5 Å². The number of furan rings is 1. The topological polar surface area (TPSA) is 81.0 Å². The van der Waals surface area contributed by atoms with Crippen LogP contribution >= 0.6 is 23.2 Å². The Bertz CT molecular complexity index is 1120. The molecule has 4 rings (SSSR count). The number of amides is 2. The number of halogens is 2. The van der Waals surface area contributed by atoms with Crippen LogP contribution in [-0.2, 0) is 9.53 Å². The number of anilines is 1. The van der Waals surface area contributed by atoms with E-state index in [1.807, 2.05) is 6.07 Å². The summed E-state index contributed by atoms with van der Waals surface area (Å²) in [5.41, 5.74) is 0.818. The van der Waals surface area contributed by atoms with E-state index in [9.17, 15) is 9.59 Å². The van der Waals surface area contributed by atoms with Crippen LogP contribution in [0.2, 0.25) is 10.0 Å². The van der Waals surface area contributed by atoms with Crippen LogP contribution in [0.25, 0.3) is 11.0 Å². The number of benzene rings is 2. The first kappa shape index (κ1) is 21.5. The third kappa shape index (κ3) is 4.63. The summed E-state index contributed by atoms with van der Waals surface area (Å²) in [6.07, 6.45) is -0.890. The summed E-state index contributed by atoms with van der Waals surface area (Å²) < 4.78 is 16.8. The average molecular weight is 463 g/mol. The lowest BCUT2D eigenvalue weighted by molar-refractivity contribution is -0.122. The van der Waals surface area contributed by atoms with Crippen molar-refractivity contribution in [1.82, 2.24) is 4.90 Å². The second kappa shape index (κ2) is 9.18. The fourth-order valence-electron chi connectivity index (χ4n) is 3.27. The summed E-state index contributed by atoms with van der Waals surface area (Å²) in [5.74, 6) is -0.346. The molecule has 1 aliphatic heterocycles. The highest BCUT2D eigenvalue weighted by atomic mass is 35.5.